The number of carbonyl (C=O) groups excluding carboxylic acids is 1. The predicted octanol–water partition coefficient (Wildman–Crippen LogP) is 4.25. The highest BCUT2D eigenvalue weighted by molar-refractivity contribution is 6.31. The summed E-state index contributed by atoms with van der Waals surface area (Å²) in [5, 5.41) is 3.61. The molecular formula is C19H19ClN2O2. The molecule has 2 aromatic carbocycles. The van der Waals surface area contributed by atoms with Crippen molar-refractivity contribution in [1.29, 1.82) is 0 Å². The smallest absolute Gasteiger partial charge is 0.224 e. The van der Waals surface area contributed by atoms with Crippen molar-refractivity contribution in [3.63, 3.8) is 0 Å². The fourth-order valence-electron chi connectivity index (χ4n) is 2.45. The van der Waals surface area contributed by atoms with E-state index in [9.17, 15) is 4.79 Å². The molecule has 5 heteroatoms. The Morgan fingerprint density at radius 1 is 1.29 bits per heavy atom. The van der Waals surface area contributed by atoms with Gasteiger partial charge in [-0.15, -0.1) is 0 Å². The average Bonchev–Trinajstić information content (AvgIpc) is 3.00. The lowest BCUT2D eigenvalue weighted by atomic mass is 10.1. The molecule has 1 amide bonds. The van der Waals surface area contributed by atoms with Gasteiger partial charge in [-0.25, -0.2) is 4.98 Å². The third kappa shape index (κ3) is 3.77. The van der Waals surface area contributed by atoms with E-state index in [-0.39, 0.29) is 11.8 Å². The number of aryl methyl sites for hydroxylation is 1. The van der Waals surface area contributed by atoms with Gasteiger partial charge in [0.1, 0.15) is 5.52 Å². The van der Waals surface area contributed by atoms with Crippen molar-refractivity contribution in [3.05, 3.63) is 64.5 Å². The van der Waals surface area contributed by atoms with Crippen LogP contribution in [0.1, 0.15) is 29.9 Å². The SMILES string of the molecule is Cc1ccc(CC(=O)NCC(C)c2nc3ccccc3o2)cc1Cl. The Balaban J connectivity index is 1.58. The molecule has 4 nitrogen and oxygen atoms in total. The van der Waals surface area contributed by atoms with E-state index >= 15 is 0 Å². The summed E-state index contributed by atoms with van der Waals surface area (Å²) in [4.78, 5) is 16.6. The van der Waals surface area contributed by atoms with E-state index in [1.165, 1.54) is 0 Å². The fraction of sp³-hybridized carbons (Fsp3) is 0.263. The zero-order valence-electron chi connectivity index (χ0n) is 13.7. The number of oxazole rings is 1. The van der Waals surface area contributed by atoms with Crippen molar-refractivity contribution in [2.24, 2.45) is 0 Å². The van der Waals surface area contributed by atoms with E-state index in [2.05, 4.69) is 10.3 Å². The van der Waals surface area contributed by atoms with Gasteiger partial charge in [-0.1, -0.05) is 42.8 Å². The molecule has 0 aliphatic heterocycles. The molecule has 3 rings (SSSR count). The molecule has 0 aliphatic carbocycles. The number of halogens is 1. The quantitative estimate of drug-likeness (QED) is 0.754. The summed E-state index contributed by atoms with van der Waals surface area (Å²) >= 11 is 6.09. The number of carbonyl (C=O) groups is 1. The van der Waals surface area contributed by atoms with Crippen LogP contribution < -0.4 is 5.32 Å². The molecule has 0 bridgehead atoms. The van der Waals surface area contributed by atoms with Crippen LogP contribution in [0, 0.1) is 6.92 Å². The van der Waals surface area contributed by atoms with E-state index in [1.807, 2.05) is 56.3 Å². The molecule has 0 saturated heterocycles. The summed E-state index contributed by atoms with van der Waals surface area (Å²) in [5.74, 6) is 0.593. The van der Waals surface area contributed by atoms with Crippen molar-refractivity contribution >= 4 is 28.6 Å². The number of nitrogens with zero attached hydrogens (tertiary/aromatic N) is 1. The number of benzene rings is 2. The molecule has 1 aromatic heterocycles. The third-order valence-electron chi connectivity index (χ3n) is 3.94. The van der Waals surface area contributed by atoms with E-state index in [0.717, 1.165) is 22.2 Å². The monoisotopic (exact) mass is 342 g/mol. The lowest BCUT2D eigenvalue weighted by Gasteiger charge is -2.10. The predicted molar refractivity (Wildman–Crippen MR) is 95.3 cm³/mol. The van der Waals surface area contributed by atoms with Crippen molar-refractivity contribution < 1.29 is 9.21 Å². The lowest BCUT2D eigenvalue weighted by molar-refractivity contribution is -0.120. The Hall–Kier alpha value is -2.33. The van der Waals surface area contributed by atoms with Gasteiger partial charge >= 0.3 is 0 Å². The Morgan fingerprint density at radius 2 is 2.08 bits per heavy atom. The van der Waals surface area contributed by atoms with E-state index in [4.69, 9.17) is 16.0 Å². The van der Waals surface area contributed by atoms with Gasteiger partial charge in [0.15, 0.2) is 11.5 Å². The van der Waals surface area contributed by atoms with Gasteiger partial charge in [0.2, 0.25) is 5.91 Å². The van der Waals surface area contributed by atoms with E-state index < -0.39 is 0 Å². The number of aromatic nitrogens is 1. The lowest BCUT2D eigenvalue weighted by Crippen LogP contribution is -2.29. The van der Waals surface area contributed by atoms with Crippen LogP contribution in [0.25, 0.3) is 11.1 Å². The van der Waals surface area contributed by atoms with Crippen molar-refractivity contribution in [2.75, 3.05) is 6.54 Å². The first-order chi connectivity index (χ1) is 11.5. The maximum absolute atomic E-state index is 12.1. The zero-order valence-corrected chi connectivity index (χ0v) is 14.4. The topological polar surface area (TPSA) is 55.1 Å². The molecule has 24 heavy (non-hydrogen) atoms. The Kier molecular flexibility index (Phi) is 4.86. The van der Waals surface area contributed by atoms with Crippen molar-refractivity contribution in [1.82, 2.24) is 10.3 Å². The number of hydrogen-bond donors (Lipinski definition) is 1. The van der Waals surface area contributed by atoms with Crippen LogP contribution in [0.4, 0.5) is 0 Å². The number of nitrogens with one attached hydrogen (secondary N) is 1. The molecule has 3 aromatic rings. The highest BCUT2D eigenvalue weighted by Gasteiger charge is 2.14. The van der Waals surface area contributed by atoms with Crippen LogP contribution in [0.2, 0.25) is 5.02 Å². The molecule has 0 saturated carbocycles. The summed E-state index contributed by atoms with van der Waals surface area (Å²) in [6.07, 6.45) is 0.306. The molecule has 1 heterocycles. The number of hydrogen-bond acceptors (Lipinski definition) is 3. The highest BCUT2D eigenvalue weighted by atomic mass is 35.5. The molecule has 1 unspecified atom stereocenters. The molecule has 0 fully saturated rings. The van der Waals surface area contributed by atoms with Gasteiger partial charge in [-0.05, 0) is 36.2 Å². The summed E-state index contributed by atoms with van der Waals surface area (Å²) < 4.78 is 5.73. The van der Waals surface area contributed by atoms with Crippen LogP contribution >= 0.6 is 11.6 Å². The Labute approximate surface area is 145 Å². The maximum atomic E-state index is 12.1. The van der Waals surface area contributed by atoms with Gasteiger partial charge in [0.05, 0.1) is 12.3 Å². The van der Waals surface area contributed by atoms with Gasteiger partial charge in [-0.3, -0.25) is 4.79 Å². The van der Waals surface area contributed by atoms with E-state index in [0.29, 0.717) is 23.9 Å². The summed E-state index contributed by atoms with van der Waals surface area (Å²) in [6.45, 7) is 4.40. The Bertz CT molecular complexity index is 840. The van der Waals surface area contributed by atoms with E-state index in [1.54, 1.807) is 0 Å². The summed E-state index contributed by atoms with van der Waals surface area (Å²) in [6, 6.07) is 13.3. The maximum Gasteiger partial charge on any atom is 0.224 e. The van der Waals surface area contributed by atoms with Gasteiger partial charge in [0.25, 0.3) is 0 Å². The minimum atomic E-state index is -0.0436. The van der Waals surface area contributed by atoms with Gasteiger partial charge in [-0.2, -0.15) is 0 Å². The molecule has 0 radical (unpaired) electrons. The van der Waals surface area contributed by atoms with Crippen LogP contribution in [-0.2, 0) is 11.2 Å². The summed E-state index contributed by atoms with van der Waals surface area (Å²) in [7, 11) is 0. The first-order valence-electron chi connectivity index (χ1n) is 7.90. The van der Waals surface area contributed by atoms with Crippen LogP contribution in [-0.4, -0.2) is 17.4 Å². The number of para-hydroxylation sites is 2. The normalized spacial score (nSPS) is 12.3. The van der Waals surface area contributed by atoms with Crippen LogP contribution in [0.3, 0.4) is 0 Å². The summed E-state index contributed by atoms with van der Waals surface area (Å²) in [5.41, 5.74) is 3.50. The number of fused-ring (bicyclic) bond motifs is 1. The van der Waals surface area contributed by atoms with Gasteiger partial charge < -0.3 is 9.73 Å². The molecule has 124 valence electrons. The number of rotatable bonds is 5. The molecule has 1 N–H and O–H groups in total. The largest absolute Gasteiger partial charge is 0.440 e. The minimum Gasteiger partial charge on any atom is -0.440 e. The van der Waals surface area contributed by atoms with Crippen LogP contribution in [0.5, 0.6) is 0 Å². The zero-order chi connectivity index (χ0) is 17.1. The minimum absolute atomic E-state index is 0.00274. The molecule has 0 aliphatic rings. The molecule has 0 spiro atoms. The van der Waals surface area contributed by atoms with Crippen LogP contribution in [0.15, 0.2) is 46.9 Å². The second-order valence-electron chi connectivity index (χ2n) is 5.99. The molecule has 1 atom stereocenters. The number of amides is 1. The van der Waals surface area contributed by atoms with Crippen molar-refractivity contribution in [2.45, 2.75) is 26.2 Å². The average molecular weight is 343 g/mol. The second kappa shape index (κ2) is 7.05. The fourth-order valence-corrected chi connectivity index (χ4v) is 2.65. The standard InChI is InChI=1S/C19H19ClN2O2/c1-12-7-8-14(9-15(12)20)10-18(23)21-11-13(2)19-22-16-5-3-4-6-17(16)24-19/h3-9,13H,10-11H2,1-2H3,(H,21,23). The first-order valence-corrected chi connectivity index (χ1v) is 8.28. The first kappa shape index (κ1) is 16.5. The highest BCUT2D eigenvalue weighted by Crippen LogP contribution is 2.21. The van der Waals surface area contributed by atoms with Gasteiger partial charge in [0, 0.05) is 11.6 Å². The molecular weight excluding hydrogens is 324 g/mol. The second-order valence-corrected chi connectivity index (χ2v) is 6.39. The Morgan fingerprint density at radius 3 is 2.83 bits per heavy atom. The van der Waals surface area contributed by atoms with Crippen molar-refractivity contribution in [3.8, 4) is 0 Å². The third-order valence-corrected chi connectivity index (χ3v) is 4.35.